The number of rotatable bonds is 11. The van der Waals surface area contributed by atoms with Gasteiger partial charge in [-0.15, -0.1) is 0 Å². The smallest absolute Gasteiger partial charge is 0.326 e. The molecule has 9 heteroatoms. The Morgan fingerprint density at radius 2 is 1.73 bits per heavy atom. The predicted octanol–water partition coefficient (Wildman–Crippen LogP) is 2.99. The van der Waals surface area contributed by atoms with Crippen molar-refractivity contribution in [3.05, 3.63) is 47.8 Å². The van der Waals surface area contributed by atoms with Crippen LogP contribution in [0.5, 0.6) is 17.2 Å². The zero-order chi connectivity index (χ0) is 23.8. The van der Waals surface area contributed by atoms with Gasteiger partial charge in [0.05, 0.1) is 39.0 Å². The molecule has 0 bridgehead atoms. The van der Waals surface area contributed by atoms with Gasteiger partial charge in [-0.25, -0.2) is 4.98 Å². The van der Waals surface area contributed by atoms with Gasteiger partial charge in [0.2, 0.25) is 5.75 Å². The Balaban J connectivity index is 1.66. The molecule has 1 heterocycles. The van der Waals surface area contributed by atoms with E-state index in [4.69, 9.17) is 18.9 Å². The largest absolute Gasteiger partial charge is 0.493 e. The van der Waals surface area contributed by atoms with Gasteiger partial charge >= 0.3 is 5.97 Å². The number of carbonyl (C=O) groups excluding carboxylic acids is 2. The minimum Gasteiger partial charge on any atom is -0.493 e. The quantitative estimate of drug-likeness (QED) is 0.350. The van der Waals surface area contributed by atoms with Crippen LogP contribution in [0.2, 0.25) is 0 Å². The zero-order valence-corrected chi connectivity index (χ0v) is 19.3. The molecule has 0 fully saturated rings. The molecule has 176 valence electrons. The van der Waals surface area contributed by atoms with E-state index >= 15 is 0 Å². The van der Waals surface area contributed by atoms with E-state index in [9.17, 15) is 9.59 Å². The molecule has 1 amide bonds. The van der Waals surface area contributed by atoms with Crippen LogP contribution in [-0.2, 0) is 22.5 Å². The molecule has 0 aliphatic carbocycles. The molecule has 1 N–H and O–H groups in total. The summed E-state index contributed by atoms with van der Waals surface area (Å²) in [5.41, 5.74) is 2.10. The van der Waals surface area contributed by atoms with Crippen molar-refractivity contribution in [3.63, 3.8) is 0 Å². The Hall–Kier alpha value is -3.75. The first kappa shape index (κ1) is 23.9. The fourth-order valence-corrected chi connectivity index (χ4v) is 3.59. The monoisotopic (exact) mass is 455 g/mol. The molecule has 1 aromatic heterocycles. The maximum atomic E-state index is 12.7. The Morgan fingerprint density at radius 1 is 1.03 bits per heavy atom. The number of ether oxygens (including phenoxy) is 4. The molecule has 0 saturated heterocycles. The second-order valence-corrected chi connectivity index (χ2v) is 7.18. The Morgan fingerprint density at radius 3 is 2.36 bits per heavy atom. The van der Waals surface area contributed by atoms with Gasteiger partial charge in [-0.3, -0.25) is 9.59 Å². The normalized spacial score (nSPS) is 10.7. The molecule has 33 heavy (non-hydrogen) atoms. The number of imidazole rings is 1. The third kappa shape index (κ3) is 5.54. The SMILES string of the molecule is CCOC(=O)Cn1c(CCCNC(=O)c2cc(OC)c(OC)c(OC)c2)nc2ccccc21. The van der Waals surface area contributed by atoms with E-state index in [0.29, 0.717) is 48.8 Å². The lowest BCUT2D eigenvalue weighted by atomic mass is 10.1. The van der Waals surface area contributed by atoms with Gasteiger partial charge in [-0.2, -0.15) is 0 Å². The van der Waals surface area contributed by atoms with Gasteiger partial charge in [0.1, 0.15) is 12.4 Å². The lowest BCUT2D eigenvalue weighted by molar-refractivity contribution is -0.143. The van der Waals surface area contributed by atoms with E-state index in [-0.39, 0.29) is 18.4 Å². The van der Waals surface area contributed by atoms with Gasteiger partial charge < -0.3 is 28.8 Å². The number of fused-ring (bicyclic) bond motifs is 1. The number of benzene rings is 2. The third-order valence-corrected chi connectivity index (χ3v) is 5.12. The van der Waals surface area contributed by atoms with Crippen LogP contribution >= 0.6 is 0 Å². The van der Waals surface area contributed by atoms with E-state index in [1.165, 1.54) is 21.3 Å². The highest BCUT2D eigenvalue weighted by Crippen LogP contribution is 2.38. The summed E-state index contributed by atoms with van der Waals surface area (Å²) in [6, 6.07) is 10.9. The van der Waals surface area contributed by atoms with Gasteiger partial charge in [0.25, 0.3) is 5.91 Å². The Kier molecular flexibility index (Phi) is 8.12. The molecule has 2 aromatic carbocycles. The van der Waals surface area contributed by atoms with Crippen molar-refractivity contribution in [2.45, 2.75) is 26.3 Å². The Labute approximate surface area is 192 Å². The molecule has 0 atom stereocenters. The summed E-state index contributed by atoms with van der Waals surface area (Å²) in [4.78, 5) is 29.4. The molecule has 0 unspecified atom stereocenters. The van der Waals surface area contributed by atoms with E-state index in [1.54, 1.807) is 19.1 Å². The van der Waals surface area contributed by atoms with Crippen LogP contribution in [0.25, 0.3) is 11.0 Å². The molecule has 0 radical (unpaired) electrons. The van der Waals surface area contributed by atoms with Crippen molar-refractivity contribution in [1.82, 2.24) is 14.9 Å². The lowest BCUT2D eigenvalue weighted by Gasteiger charge is -2.14. The van der Waals surface area contributed by atoms with Crippen LogP contribution in [0.3, 0.4) is 0 Å². The van der Waals surface area contributed by atoms with Crippen molar-refractivity contribution in [1.29, 1.82) is 0 Å². The number of hydrogen-bond acceptors (Lipinski definition) is 7. The summed E-state index contributed by atoms with van der Waals surface area (Å²) in [7, 11) is 4.51. The molecule has 0 aliphatic heterocycles. The number of amides is 1. The highest BCUT2D eigenvalue weighted by Gasteiger charge is 2.17. The minimum absolute atomic E-state index is 0.0987. The molecule has 0 saturated carbocycles. The fourth-order valence-electron chi connectivity index (χ4n) is 3.59. The predicted molar refractivity (Wildman–Crippen MR) is 123 cm³/mol. The number of esters is 1. The zero-order valence-electron chi connectivity index (χ0n) is 19.3. The lowest BCUT2D eigenvalue weighted by Crippen LogP contribution is -2.25. The number of aromatic nitrogens is 2. The van der Waals surface area contributed by atoms with Gasteiger partial charge in [0, 0.05) is 18.5 Å². The molecule has 0 spiro atoms. The average molecular weight is 456 g/mol. The van der Waals surface area contributed by atoms with Gasteiger partial charge in [-0.1, -0.05) is 12.1 Å². The van der Waals surface area contributed by atoms with Crippen LogP contribution in [0.4, 0.5) is 0 Å². The number of carbonyl (C=O) groups is 2. The third-order valence-electron chi connectivity index (χ3n) is 5.12. The van der Waals surface area contributed by atoms with Crippen molar-refractivity contribution in [2.24, 2.45) is 0 Å². The molecule has 3 rings (SSSR count). The first-order valence-electron chi connectivity index (χ1n) is 10.7. The maximum Gasteiger partial charge on any atom is 0.326 e. The van der Waals surface area contributed by atoms with Crippen LogP contribution in [0, 0.1) is 0 Å². The van der Waals surface area contributed by atoms with E-state index in [2.05, 4.69) is 10.3 Å². The summed E-state index contributed by atoms with van der Waals surface area (Å²) in [5.74, 6) is 1.46. The van der Waals surface area contributed by atoms with E-state index < -0.39 is 0 Å². The van der Waals surface area contributed by atoms with Crippen LogP contribution in [0.15, 0.2) is 36.4 Å². The first-order chi connectivity index (χ1) is 16.0. The summed E-state index contributed by atoms with van der Waals surface area (Å²) in [5, 5.41) is 2.90. The molecule has 9 nitrogen and oxygen atoms in total. The summed E-state index contributed by atoms with van der Waals surface area (Å²) >= 11 is 0. The molecule has 3 aromatic rings. The van der Waals surface area contributed by atoms with Gasteiger partial charge in [0.15, 0.2) is 11.5 Å². The first-order valence-corrected chi connectivity index (χ1v) is 10.7. The fraction of sp³-hybridized carbons (Fsp3) is 0.375. The summed E-state index contributed by atoms with van der Waals surface area (Å²) in [6.45, 7) is 2.63. The van der Waals surface area contributed by atoms with Crippen molar-refractivity contribution < 1.29 is 28.5 Å². The number of aryl methyl sites for hydroxylation is 1. The van der Waals surface area contributed by atoms with E-state index in [1.807, 2.05) is 28.8 Å². The number of para-hydroxylation sites is 2. The van der Waals surface area contributed by atoms with Crippen LogP contribution in [-0.4, -0.2) is 55.9 Å². The number of methoxy groups -OCH3 is 3. The second-order valence-electron chi connectivity index (χ2n) is 7.18. The minimum atomic E-state index is -0.308. The molecular formula is C24H29N3O6. The molecule has 0 aliphatic rings. The average Bonchev–Trinajstić information content (AvgIpc) is 3.17. The number of nitrogens with one attached hydrogen (secondary N) is 1. The summed E-state index contributed by atoms with van der Waals surface area (Å²) < 4.78 is 22.9. The van der Waals surface area contributed by atoms with Gasteiger partial charge in [-0.05, 0) is 37.6 Å². The van der Waals surface area contributed by atoms with Crippen molar-refractivity contribution >= 4 is 22.9 Å². The highest BCUT2D eigenvalue weighted by atomic mass is 16.5. The van der Waals surface area contributed by atoms with E-state index in [0.717, 1.165) is 16.9 Å². The Bertz CT molecular complexity index is 1100. The van der Waals surface area contributed by atoms with Crippen LogP contribution in [0.1, 0.15) is 29.5 Å². The van der Waals surface area contributed by atoms with Crippen LogP contribution < -0.4 is 19.5 Å². The van der Waals surface area contributed by atoms with Crippen molar-refractivity contribution in [3.8, 4) is 17.2 Å². The van der Waals surface area contributed by atoms with Crippen molar-refractivity contribution in [2.75, 3.05) is 34.5 Å². The standard InChI is InChI=1S/C24H29N3O6/c1-5-33-22(28)15-27-18-10-7-6-9-17(18)26-21(27)11-8-12-25-24(29)16-13-19(30-2)23(32-4)20(14-16)31-3/h6-7,9-10,13-14H,5,8,11-12,15H2,1-4H3,(H,25,29). The summed E-state index contributed by atoms with van der Waals surface area (Å²) in [6.07, 6.45) is 1.23. The highest BCUT2D eigenvalue weighted by molar-refractivity contribution is 5.95. The topological polar surface area (TPSA) is 101 Å². The molecular weight excluding hydrogens is 426 g/mol. The maximum absolute atomic E-state index is 12.7. The second kappa shape index (κ2) is 11.2. The number of hydrogen-bond donors (Lipinski definition) is 1. The number of nitrogens with zero attached hydrogens (tertiary/aromatic N) is 2.